The fourth-order valence-electron chi connectivity index (χ4n) is 1.79. The third kappa shape index (κ3) is 3.50. The predicted molar refractivity (Wildman–Crippen MR) is 77.9 cm³/mol. The molecule has 19 heavy (non-hydrogen) atoms. The van der Waals surface area contributed by atoms with Crippen LogP contribution >= 0.6 is 12.2 Å². The molecule has 1 aliphatic rings. The molecule has 0 bridgehead atoms. The maximum Gasteiger partial charge on any atom is 0.231 e. The lowest BCUT2D eigenvalue weighted by atomic mass is 9.88. The predicted octanol–water partition coefficient (Wildman–Crippen LogP) is 2.89. The second kappa shape index (κ2) is 5.65. The lowest BCUT2D eigenvalue weighted by Crippen LogP contribution is -2.30. The fourth-order valence-corrected chi connectivity index (χ4v) is 1.90. The lowest BCUT2D eigenvalue weighted by molar-refractivity contribution is 0.173. The van der Waals surface area contributed by atoms with Crippen molar-refractivity contribution in [1.29, 1.82) is 0 Å². The van der Waals surface area contributed by atoms with Gasteiger partial charge in [0.15, 0.2) is 11.5 Å². The molecule has 0 radical (unpaired) electrons. The highest BCUT2D eigenvalue weighted by Crippen LogP contribution is 2.35. The first-order valence-corrected chi connectivity index (χ1v) is 6.72. The van der Waals surface area contributed by atoms with Crippen molar-refractivity contribution in [3.05, 3.63) is 18.2 Å². The van der Waals surface area contributed by atoms with E-state index in [-0.39, 0.29) is 12.2 Å². The molecule has 0 atom stereocenters. The molecule has 0 amide bonds. The van der Waals surface area contributed by atoms with Crippen LogP contribution in [0.5, 0.6) is 17.2 Å². The summed E-state index contributed by atoms with van der Waals surface area (Å²) in [7, 11) is 0. The van der Waals surface area contributed by atoms with Crippen molar-refractivity contribution in [3.63, 3.8) is 0 Å². The van der Waals surface area contributed by atoms with E-state index in [4.69, 9.17) is 32.2 Å². The van der Waals surface area contributed by atoms with E-state index < -0.39 is 0 Å². The molecule has 4 nitrogen and oxygen atoms in total. The van der Waals surface area contributed by atoms with Crippen molar-refractivity contribution in [2.45, 2.75) is 26.7 Å². The van der Waals surface area contributed by atoms with E-state index in [2.05, 4.69) is 13.8 Å². The highest BCUT2D eigenvalue weighted by Gasteiger charge is 2.20. The first-order chi connectivity index (χ1) is 8.99. The van der Waals surface area contributed by atoms with Crippen LogP contribution in [0.4, 0.5) is 0 Å². The second-order valence-electron chi connectivity index (χ2n) is 5.22. The summed E-state index contributed by atoms with van der Waals surface area (Å²) in [6, 6.07) is 5.59. The van der Waals surface area contributed by atoms with E-state index in [1.807, 2.05) is 18.2 Å². The Balaban J connectivity index is 1.79. The van der Waals surface area contributed by atoms with Gasteiger partial charge in [0.1, 0.15) is 5.75 Å². The van der Waals surface area contributed by atoms with Gasteiger partial charge in [-0.2, -0.15) is 0 Å². The van der Waals surface area contributed by atoms with Crippen LogP contribution in [0.15, 0.2) is 18.2 Å². The van der Waals surface area contributed by atoms with Gasteiger partial charge >= 0.3 is 0 Å². The summed E-state index contributed by atoms with van der Waals surface area (Å²) in [6.45, 7) is 5.01. The molecule has 0 aromatic heterocycles. The summed E-state index contributed by atoms with van der Waals surface area (Å²) in [5.74, 6) is 2.29. The van der Waals surface area contributed by atoms with Crippen LogP contribution in [0.2, 0.25) is 0 Å². The Labute approximate surface area is 118 Å². The maximum atomic E-state index is 5.69. The molecule has 0 fully saturated rings. The lowest BCUT2D eigenvalue weighted by Gasteiger charge is -2.22. The Bertz CT molecular complexity index is 474. The van der Waals surface area contributed by atoms with Crippen LogP contribution in [-0.2, 0) is 0 Å². The zero-order valence-electron chi connectivity index (χ0n) is 11.3. The zero-order chi connectivity index (χ0) is 13.9. The number of fused-ring (bicyclic) bond motifs is 1. The Morgan fingerprint density at radius 2 is 2.11 bits per heavy atom. The van der Waals surface area contributed by atoms with Crippen molar-refractivity contribution in [2.75, 3.05) is 13.4 Å². The molecule has 0 saturated carbocycles. The summed E-state index contributed by atoms with van der Waals surface area (Å²) in [4.78, 5) is 0.551. The number of benzene rings is 1. The quantitative estimate of drug-likeness (QED) is 0.642. The third-order valence-electron chi connectivity index (χ3n) is 3.23. The highest BCUT2D eigenvalue weighted by molar-refractivity contribution is 7.80. The normalized spacial score (nSPS) is 13.4. The minimum Gasteiger partial charge on any atom is -0.493 e. The maximum absolute atomic E-state index is 5.69. The van der Waals surface area contributed by atoms with E-state index in [0.29, 0.717) is 11.6 Å². The van der Waals surface area contributed by atoms with Crippen molar-refractivity contribution >= 4 is 17.2 Å². The molecule has 0 spiro atoms. The molecule has 1 heterocycles. The van der Waals surface area contributed by atoms with Crippen LogP contribution in [0, 0.1) is 5.41 Å². The first kappa shape index (κ1) is 13.9. The SMILES string of the molecule is CC(C)(CCCOc1ccc2c(c1)OCO2)C(N)=S. The van der Waals surface area contributed by atoms with Crippen LogP contribution in [0.1, 0.15) is 26.7 Å². The monoisotopic (exact) mass is 281 g/mol. The van der Waals surface area contributed by atoms with Gasteiger partial charge in [0, 0.05) is 11.5 Å². The third-order valence-corrected chi connectivity index (χ3v) is 3.78. The Morgan fingerprint density at radius 1 is 1.37 bits per heavy atom. The largest absolute Gasteiger partial charge is 0.493 e. The fraction of sp³-hybridized carbons (Fsp3) is 0.500. The van der Waals surface area contributed by atoms with Crippen LogP contribution in [0.25, 0.3) is 0 Å². The van der Waals surface area contributed by atoms with Gasteiger partial charge in [-0.3, -0.25) is 0 Å². The average Bonchev–Trinajstić information content (AvgIpc) is 2.81. The van der Waals surface area contributed by atoms with Gasteiger partial charge < -0.3 is 19.9 Å². The summed E-state index contributed by atoms with van der Waals surface area (Å²) in [6.07, 6.45) is 1.81. The molecular weight excluding hydrogens is 262 g/mol. The zero-order valence-corrected chi connectivity index (χ0v) is 12.1. The molecule has 0 unspecified atom stereocenters. The van der Waals surface area contributed by atoms with E-state index in [0.717, 1.165) is 30.1 Å². The van der Waals surface area contributed by atoms with Crippen LogP contribution in [-0.4, -0.2) is 18.4 Å². The molecule has 1 aliphatic heterocycles. The number of hydrogen-bond acceptors (Lipinski definition) is 4. The number of rotatable bonds is 6. The molecule has 2 rings (SSSR count). The molecule has 5 heteroatoms. The topological polar surface area (TPSA) is 53.7 Å². The molecule has 1 aromatic rings. The van der Waals surface area contributed by atoms with Gasteiger partial charge in [-0.05, 0) is 25.0 Å². The molecule has 0 aliphatic carbocycles. The molecule has 104 valence electrons. The van der Waals surface area contributed by atoms with Gasteiger partial charge in [-0.25, -0.2) is 0 Å². The first-order valence-electron chi connectivity index (χ1n) is 6.31. The Hall–Kier alpha value is -1.49. The summed E-state index contributed by atoms with van der Waals surface area (Å²) >= 11 is 5.04. The molecule has 2 N–H and O–H groups in total. The number of thiocarbonyl (C=S) groups is 1. The minimum atomic E-state index is -0.117. The van der Waals surface area contributed by atoms with Crippen molar-refractivity contribution in [3.8, 4) is 17.2 Å². The van der Waals surface area contributed by atoms with E-state index in [9.17, 15) is 0 Å². The molecule has 1 aromatic carbocycles. The second-order valence-corrected chi connectivity index (χ2v) is 5.66. The summed E-state index contributed by atoms with van der Waals surface area (Å²) < 4.78 is 16.2. The van der Waals surface area contributed by atoms with Crippen molar-refractivity contribution in [1.82, 2.24) is 0 Å². The number of nitrogens with two attached hydrogens (primary N) is 1. The highest BCUT2D eigenvalue weighted by atomic mass is 32.1. The standard InChI is InChI=1S/C14H19NO3S/c1-14(2,13(15)19)6-3-7-16-10-4-5-11-12(8-10)18-9-17-11/h4-5,8H,3,6-7,9H2,1-2H3,(H2,15,19). The minimum absolute atomic E-state index is 0.117. The molecule has 0 saturated heterocycles. The summed E-state index contributed by atoms with van der Waals surface area (Å²) in [5, 5.41) is 0. The van der Waals surface area contributed by atoms with Gasteiger partial charge in [0.2, 0.25) is 6.79 Å². The summed E-state index contributed by atoms with van der Waals surface area (Å²) in [5.41, 5.74) is 5.57. The number of ether oxygens (including phenoxy) is 3. The van der Waals surface area contributed by atoms with Gasteiger partial charge in [-0.1, -0.05) is 26.1 Å². The average molecular weight is 281 g/mol. The van der Waals surface area contributed by atoms with Crippen LogP contribution < -0.4 is 19.9 Å². The van der Waals surface area contributed by atoms with Gasteiger partial charge in [0.25, 0.3) is 0 Å². The van der Waals surface area contributed by atoms with Gasteiger partial charge in [-0.15, -0.1) is 0 Å². The number of hydrogen-bond donors (Lipinski definition) is 1. The van der Waals surface area contributed by atoms with Crippen molar-refractivity contribution in [2.24, 2.45) is 11.1 Å². The molecular formula is C14H19NO3S. The van der Waals surface area contributed by atoms with Crippen molar-refractivity contribution < 1.29 is 14.2 Å². The van der Waals surface area contributed by atoms with Crippen LogP contribution in [0.3, 0.4) is 0 Å². The smallest absolute Gasteiger partial charge is 0.231 e. The van der Waals surface area contributed by atoms with Gasteiger partial charge in [0.05, 0.1) is 11.6 Å². The Morgan fingerprint density at radius 3 is 2.84 bits per heavy atom. The van der Waals surface area contributed by atoms with E-state index >= 15 is 0 Å². The van der Waals surface area contributed by atoms with E-state index in [1.54, 1.807) is 0 Å². The van der Waals surface area contributed by atoms with E-state index in [1.165, 1.54) is 0 Å². The Kier molecular flexibility index (Phi) is 4.14.